The Kier molecular flexibility index (Phi) is 4.44. The molecule has 3 saturated carbocycles. The Morgan fingerprint density at radius 3 is 2.29 bits per heavy atom. The Bertz CT molecular complexity index is 995. The predicted octanol–water partition coefficient (Wildman–Crippen LogP) is 4.82. The summed E-state index contributed by atoms with van der Waals surface area (Å²) in [6.45, 7) is 0. The van der Waals surface area contributed by atoms with E-state index in [-0.39, 0.29) is 0 Å². The molecule has 162 valence electrons. The molecular weight excluding hydrogens is 388 g/mol. The Balaban J connectivity index is 1.25. The van der Waals surface area contributed by atoms with Crippen molar-refractivity contribution < 1.29 is 9.90 Å². The fourth-order valence-corrected chi connectivity index (χ4v) is 5.45. The zero-order valence-electron chi connectivity index (χ0n) is 17.9. The highest BCUT2D eigenvalue weighted by atomic mass is 16.4. The minimum absolute atomic E-state index is 0.529. The lowest BCUT2D eigenvalue weighted by Crippen LogP contribution is -2.42. The molecule has 1 heterocycles. The third kappa shape index (κ3) is 3.46. The van der Waals surface area contributed by atoms with Crippen molar-refractivity contribution in [1.29, 1.82) is 0 Å². The van der Waals surface area contributed by atoms with Gasteiger partial charge in [0.1, 0.15) is 5.82 Å². The number of hydrogen-bond donors (Lipinski definition) is 3. The van der Waals surface area contributed by atoms with Crippen LogP contribution in [0.4, 0.5) is 17.5 Å². The summed E-state index contributed by atoms with van der Waals surface area (Å²) in [6.07, 6.45) is 10.9. The summed E-state index contributed by atoms with van der Waals surface area (Å²) in [5, 5.41) is 16.9. The third-order valence-corrected chi connectivity index (χ3v) is 7.81. The van der Waals surface area contributed by atoms with Crippen molar-refractivity contribution in [2.24, 2.45) is 11.8 Å². The van der Waals surface area contributed by atoms with Crippen LogP contribution in [0.3, 0.4) is 0 Å². The van der Waals surface area contributed by atoms with Gasteiger partial charge in [0, 0.05) is 17.3 Å². The van der Waals surface area contributed by atoms with Crippen LogP contribution in [0.5, 0.6) is 0 Å². The van der Waals surface area contributed by atoms with Crippen molar-refractivity contribution in [1.82, 2.24) is 9.97 Å². The maximum absolute atomic E-state index is 11.8. The highest BCUT2D eigenvalue weighted by molar-refractivity contribution is 5.83. The van der Waals surface area contributed by atoms with Gasteiger partial charge < -0.3 is 15.7 Å². The van der Waals surface area contributed by atoms with E-state index in [0.717, 1.165) is 73.4 Å². The summed E-state index contributed by atoms with van der Waals surface area (Å²) in [5.41, 5.74) is 3.56. The van der Waals surface area contributed by atoms with Gasteiger partial charge >= 0.3 is 5.97 Å². The number of aliphatic carboxylic acids is 1. The van der Waals surface area contributed by atoms with Crippen LogP contribution in [-0.4, -0.2) is 27.1 Å². The number of fused-ring (bicyclic) bond motifs is 1. The monoisotopic (exact) mass is 418 g/mol. The standard InChI is InChI=1S/C25H30N4O2/c30-23(31)25(13-2-14-25)17-9-11-18(12-10-17)26-22-19-3-1-4-20(19)27-24(29-22)28-21(15-5-6-15)16-7-8-16/h9-12,15-16,21H,1-8,13-14H2,(H,30,31)(H2,26,27,28,29). The molecule has 3 fully saturated rings. The largest absolute Gasteiger partial charge is 0.481 e. The van der Waals surface area contributed by atoms with Gasteiger partial charge in [0.2, 0.25) is 5.95 Å². The van der Waals surface area contributed by atoms with Gasteiger partial charge in [0.05, 0.1) is 11.1 Å². The zero-order valence-corrected chi connectivity index (χ0v) is 17.9. The van der Waals surface area contributed by atoms with Crippen LogP contribution >= 0.6 is 0 Å². The second kappa shape index (κ2) is 7.21. The van der Waals surface area contributed by atoms with E-state index in [1.807, 2.05) is 24.3 Å². The van der Waals surface area contributed by atoms with E-state index >= 15 is 0 Å². The summed E-state index contributed by atoms with van der Waals surface area (Å²) in [7, 11) is 0. The van der Waals surface area contributed by atoms with Crippen molar-refractivity contribution in [2.45, 2.75) is 75.7 Å². The van der Waals surface area contributed by atoms with E-state index in [1.165, 1.54) is 36.9 Å². The number of nitrogens with one attached hydrogen (secondary N) is 2. The predicted molar refractivity (Wildman–Crippen MR) is 120 cm³/mol. The minimum atomic E-state index is -0.704. The molecule has 6 nitrogen and oxygen atoms in total. The van der Waals surface area contributed by atoms with E-state index in [0.29, 0.717) is 6.04 Å². The topological polar surface area (TPSA) is 87.1 Å². The highest BCUT2D eigenvalue weighted by Gasteiger charge is 2.46. The normalized spacial score (nSPS) is 21.5. The molecule has 4 aliphatic carbocycles. The molecule has 6 heteroatoms. The van der Waals surface area contributed by atoms with Gasteiger partial charge in [-0.2, -0.15) is 4.98 Å². The maximum Gasteiger partial charge on any atom is 0.314 e. The van der Waals surface area contributed by atoms with E-state index in [9.17, 15) is 9.90 Å². The molecule has 0 spiro atoms. The van der Waals surface area contributed by atoms with E-state index in [2.05, 4.69) is 10.6 Å². The quantitative estimate of drug-likeness (QED) is 0.570. The fraction of sp³-hybridized carbons (Fsp3) is 0.560. The average Bonchev–Trinajstić information content (AvgIpc) is 3.65. The highest BCUT2D eigenvalue weighted by Crippen LogP contribution is 2.46. The number of rotatable bonds is 8. The lowest BCUT2D eigenvalue weighted by atomic mass is 9.64. The lowest BCUT2D eigenvalue weighted by molar-refractivity contribution is -0.147. The van der Waals surface area contributed by atoms with Crippen LogP contribution < -0.4 is 10.6 Å². The number of carboxylic acid groups (broad SMARTS) is 1. The van der Waals surface area contributed by atoms with Crippen LogP contribution in [0.25, 0.3) is 0 Å². The van der Waals surface area contributed by atoms with Crippen molar-refractivity contribution in [3.05, 3.63) is 41.1 Å². The minimum Gasteiger partial charge on any atom is -0.481 e. The van der Waals surface area contributed by atoms with Gasteiger partial charge in [0.15, 0.2) is 0 Å². The molecule has 0 radical (unpaired) electrons. The molecule has 0 aliphatic heterocycles. The first-order valence-electron chi connectivity index (χ1n) is 11.9. The van der Waals surface area contributed by atoms with Gasteiger partial charge in [-0.1, -0.05) is 18.6 Å². The summed E-state index contributed by atoms with van der Waals surface area (Å²) in [6, 6.07) is 8.44. The van der Waals surface area contributed by atoms with Crippen molar-refractivity contribution in [2.75, 3.05) is 10.6 Å². The summed E-state index contributed by atoms with van der Waals surface area (Å²) in [4.78, 5) is 21.6. The van der Waals surface area contributed by atoms with Crippen LogP contribution in [0.15, 0.2) is 24.3 Å². The average molecular weight is 419 g/mol. The molecule has 1 aromatic carbocycles. The van der Waals surface area contributed by atoms with E-state index in [4.69, 9.17) is 9.97 Å². The molecule has 2 aromatic rings. The summed E-state index contributed by atoms with van der Waals surface area (Å²) in [5.74, 6) is 2.55. The molecule has 0 saturated heterocycles. The van der Waals surface area contributed by atoms with Crippen molar-refractivity contribution in [3.8, 4) is 0 Å². The number of aromatic nitrogens is 2. The third-order valence-electron chi connectivity index (χ3n) is 7.81. The van der Waals surface area contributed by atoms with Gasteiger partial charge in [-0.3, -0.25) is 4.79 Å². The molecule has 3 N–H and O–H groups in total. The van der Waals surface area contributed by atoms with Crippen LogP contribution in [0, 0.1) is 11.8 Å². The van der Waals surface area contributed by atoms with E-state index < -0.39 is 11.4 Å². The molecule has 0 unspecified atom stereocenters. The molecule has 6 rings (SSSR count). The molecule has 4 aliphatic rings. The number of aryl methyl sites for hydroxylation is 1. The van der Waals surface area contributed by atoms with E-state index in [1.54, 1.807) is 0 Å². The second-order valence-corrected chi connectivity index (χ2v) is 9.96. The summed E-state index contributed by atoms with van der Waals surface area (Å²) < 4.78 is 0. The zero-order chi connectivity index (χ0) is 21.0. The number of hydrogen-bond acceptors (Lipinski definition) is 5. The van der Waals surface area contributed by atoms with Gasteiger partial charge in [0.25, 0.3) is 0 Å². The van der Waals surface area contributed by atoms with Crippen molar-refractivity contribution in [3.63, 3.8) is 0 Å². The molecule has 0 atom stereocenters. The number of benzene rings is 1. The molecule has 0 amide bonds. The maximum atomic E-state index is 11.8. The second-order valence-electron chi connectivity index (χ2n) is 9.96. The number of anilines is 3. The van der Waals surface area contributed by atoms with Crippen LogP contribution in [-0.2, 0) is 23.1 Å². The Labute approximate surface area is 182 Å². The van der Waals surface area contributed by atoms with Crippen molar-refractivity contribution >= 4 is 23.4 Å². The summed E-state index contributed by atoms with van der Waals surface area (Å²) >= 11 is 0. The molecular formula is C25H30N4O2. The first-order chi connectivity index (χ1) is 15.1. The van der Waals surface area contributed by atoms with Crippen LogP contribution in [0.1, 0.15) is 68.2 Å². The Hall–Kier alpha value is -2.63. The Morgan fingerprint density at radius 1 is 1.00 bits per heavy atom. The smallest absolute Gasteiger partial charge is 0.314 e. The SMILES string of the molecule is O=C(O)C1(c2ccc(Nc3nc(NC(C4CC4)C4CC4)nc4c3CCC4)cc2)CCC1. The number of carbonyl (C=O) groups is 1. The number of nitrogens with zero attached hydrogens (tertiary/aromatic N) is 2. The fourth-order valence-electron chi connectivity index (χ4n) is 5.45. The molecule has 1 aromatic heterocycles. The van der Waals surface area contributed by atoms with Crippen LogP contribution in [0.2, 0.25) is 0 Å². The van der Waals surface area contributed by atoms with Gasteiger partial charge in [-0.25, -0.2) is 4.98 Å². The van der Waals surface area contributed by atoms with Gasteiger partial charge in [-0.05, 0) is 87.3 Å². The molecule has 31 heavy (non-hydrogen) atoms. The van der Waals surface area contributed by atoms with Gasteiger partial charge in [-0.15, -0.1) is 0 Å². The molecule has 0 bridgehead atoms. The lowest BCUT2D eigenvalue weighted by Gasteiger charge is -2.38. The first-order valence-corrected chi connectivity index (χ1v) is 11.9. The Morgan fingerprint density at radius 2 is 1.71 bits per heavy atom. The number of carboxylic acids is 1. The first kappa shape index (κ1) is 19.1.